The highest BCUT2D eigenvalue weighted by Crippen LogP contribution is 2.29. The number of nitrogens with two attached hydrogens (primary N) is 1. The minimum Gasteiger partial charge on any atom is -0.380 e. The SMILES string of the molecule is C[C@]1([C@@H](O)C(=O)Nc2ccc3c(N)noc3c2)OCCN(c2ccn(-c3ccc(Cl)cc3)n2)C1=O. The molecule has 1 saturated heterocycles. The summed E-state index contributed by atoms with van der Waals surface area (Å²) in [4.78, 5) is 27.6. The van der Waals surface area contributed by atoms with Gasteiger partial charge in [0.2, 0.25) is 0 Å². The molecule has 0 bridgehead atoms. The van der Waals surface area contributed by atoms with Crippen LogP contribution in [-0.2, 0) is 14.3 Å². The van der Waals surface area contributed by atoms with Gasteiger partial charge in [-0.05, 0) is 43.3 Å². The number of benzene rings is 2. The molecule has 35 heavy (non-hydrogen) atoms. The van der Waals surface area contributed by atoms with E-state index in [1.807, 2.05) is 0 Å². The molecular formula is C23H21ClN6O5. The molecule has 2 atom stereocenters. The highest BCUT2D eigenvalue weighted by Gasteiger charge is 2.51. The summed E-state index contributed by atoms with van der Waals surface area (Å²) in [5.74, 6) is -0.821. The predicted molar refractivity (Wildman–Crippen MR) is 128 cm³/mol. The maximum absolute atomic E-state index is 13.4. The van der Waals surface area contributed by atoms with Crippen molar-refractivity contribution in [3.8, 4) is 5.69 Å². The van der Waals surface area contributed by atoms with Crippen molar-refractivity contribution in [2.45, 2.75) is 18.6 Å². The minimum absolute atomic E-state index is 0.101. The Balaban J connectivity index is 1.34. The molecule has 1 aliphatic heterocycles. The second-order valence-electron chi connectivity index (χ2n) is 8.18. The number of aliphatic hydroxyl groups is 1. The molecule has 5 rings (SSSR count). The van der Waals surface area contributed by atoms with Crippen LogP contribution in [0.4, 0.5) is 17.3 Å². The molecule has 2 amide bonds. The van der Waals surface area contributed by atoms with Gasteiger partial charge in [-0.1, -0.05) is 16.8 Å². The Morgan fingerprint density at radius 2 is 2.03 bits per heavy atom. The molecule has 2 aromatic heterocycles. The Morgan fingerprint density at radius 3 is 2.80 bits per heavy atom. The molecule has 0 spiro atoms. The van der Waals surface area contributed by atoms with Gasteiger partial charge in [0, 0.05) is 29.0 Å². The lowest BCUT2D eigenvalue weighted by Gasteiger charge is -2.40. The number of aliphatic hydroxyl groups excluding tert-OH is 1. The first-order valence-electron chi connectivity index (χ1n) is 10.7. The summed E-state index contributed by atoms with van der Waals surface area (Å²) < 4.78 is 12.3. The molecule has 2 aromatic carbocycles. The van der Waals surface area contributed by atoms with Crippen molar-refractivity contribution >= 4 is 51.7 Å². The van der Waals surface area contributed by atoms with Gasteiger partial charge in [0.15, 0.2) is 28.9 Å². The third-order valence-electron chi connectivity index (χ3n) is 5.87. The molecular weight excluding hydrogens is 476 g/mol. The second-order valence-corrected chi connectivity index (χ2v) is 8.61. The van der Waals surface area contributed by atoms with Crippen molar-refractivity contribution in [2.75, 3.05) is 29.1 Å². The molecule has 0 radical (unpaired) electrons. The molecule has 180 valence electrons. The maximum Gasteiger partial charge on any atom is 0.263 e. The first-order valence-corrected chi connectivity index (χ1v) is 11.1. The van der Waals surface area contributed by atoms with Gasteiger partial charge in [-0.15, -0.1) is 5.10 Å². The number of carbonyl (C=O) groups excluding carboxylic acids is 2. The lowest BCUT2D eigenvalue weighted by molar-refractivity contribution is -0.170. The molecule has 12 heteroatoms. The van der Waals surface area contributed by atoms with Crippen LogP contribution in [0.25, 0.3) is 16.7 Å². The number of fused-ring (bicyclic) bond motifs is 1. The van der Waals surface area contributed by atoms with Gasteiger partial charge in [0.1, 0.15) is 0 Å². The number of carbonyl (C=O) groups is 2. The fourth-order valence-corrected chi connectivity index (χ4v) is 4.01. The highest BCUT2D eigenvalue weighted by atomic mass is 35.5. The van der Waals surface area contributed by atoms with Crippen LogP contribution in [0, 0.1) is 0 Å². The summed E-state index contributed by atoms with van der Waals surface area (Å²) in [7, 11) is 0. The molecule has 0 unspecified atom stereocenters. The lowest BCUT2D eigenvalue weighted by Crippen LogP contribution is -2.63. The van der Waals surface area contributed by atoms with E-state index < -0.39 is 23.5 Å². The Labute approximate surface area is 204 Å². The third-order valence-corrected chi connectivity index (χ3v) is 6.12. The second kappa shape index (κ2) is 8.69. The van der Waals surface area contributed by atoms with Crippen LogP contribution in [0.5, 0.6) is 0 Å². The Hall–Kier alpha value is -3.93. The minimum atomic E-state index is -1.83. The molecule has 3 heterocycles. The van der Waals surface area contributed by atoms with Crippen molar-refractivity contribution in [3.05, 3.63) is 59.8 Å². The monoisotopic (exact) mass is 496 g/mol. The first kappa shape index (κ1) is 22.8. The zero-order valence-electron chi connectivity index (χ0n) is 18.5. The number of amides is 2. The molecule has 0 saturated carbocycles. The average molecular weight is 497 g/mol. The zero-order valence-corrected chi connectivity index (χ0v) is 19.3. The van der Waals surface area contributed by atoms with Crippen LogP contribution in [0.1, 0.15) is 6.92 Å². The number of halogens is 1. The van der Waals surface area contributed by atoms with Crippen LogP contribution in [-0.4, -0.2) is 56.7 Å². The van der Waals surface area contributed by atoms with Crippen molar-refractivity contribution in [1.82, 2.24) is 14.9 Å². The zero-order chi connectivity index (χ0) is 24.7. The first-order chi connectivity index (χ1) is 16.8. The molecule has 4 aromatic rings. The number of hydrogen-bond donors (Lipinski definition) is 3. The van der Waals surface area contributed by atoms with E-state index in [0.717, 1.165) is 5.69 Å². The molecule has 11 nitrogen and oxygen atoms in total. The Morgan fingerprint density at radius 1 is 1.26 bits per heavy atom. The normalized spacial score (nSPS) is 19.2. The van der Waals surface area contributed by atoms with E-state index in [-0.39, 0.29) is 19.0 Å². The van der Waals surface area contributed by atoms with Crippen LogP contribution in [0.3, 0.4) is 0 Å². The Kier molecular flexibility index (Phi) is 5.67. The summed E-state index contributed by atoms with van der Waals surface area (Å²) in [6.45, 7) is 1.69. The van der Waals surface area contributed by atoms with Gasteiger partial charge >= 0.3 is 0 Å². The summed E-state index contributed by atoms with van der Waals surface area (Å²) >= 11 is 5.94. The van der Waals surface area contributed by atoms with Crippen LogP contribution in [0.2, 0.25) is 5.02 Å². The number of aromatic nitrogens is 3. The van der Waals surface area contributed by atoms with Gasteiger partial charge in [-0.25, -0.2) is 4.68 Å². The van der Waals surface area contributed by atoms with Crippen molar-refractivity contribution in [1.29, 1.82) is 0 Å². The highest BCUT2D eigenvalue weighted by molar-refractivity contribution is 6.30. The van der Waals surface area contributed by atoms with Crippen LogP contribution < -0.4 is 16.0 Å². The lowest BCUT2D eigenvalue weighted by atomic mass is 9.94. The van der Waals surface area contributed by atoms with E-state index in [1.54, 1.807) is 53.3 Å². The fourth-order valence-electron chi connectivity index (χ4n) is 3.89. The third kappa shape index (κ3) is 4.09. The number of nitrogens with zero attached hydrogens (tertiary/aromatic N) is 4. The smallest absolute Gasteiger partial charge is 0.263 e. The van der Waals surface area contributed by atoms with Crippen LogP contribution >= 0.6 is 11.6 Å². The van der Waals surface area contributed by atoms with Gasteiger partial charge in [0.25, 0.3) is 11.8 Å². The number of morpholine rings is 1. The molecule has 1 aliphatic rings. The summed E-state index contributed by atoms with van der Waals surface area (Å²) in [5, 5.41) is 22.7. The van der Waals surface area contributed by atoms with E-state index in [2.05, 4.69) is 15.6 Å². The number of ether oxygens (including phenoxy) is 1. The number of hydrogen-bond acceptors (Lipinski definition) is 8. The van der Waals surface area contributed by atoms with Crippen molar-refractivity contribution in [2.24, 2.45) is 0 Å². The van der Waals surface area contributed by atoms with E-state index in [9.17, 15) is 14.7 Å². The standard InChI is InChI=1S/C23H21ClN6O5/c1-23(19(31)21(32)26-14-4-7-16-17(12-14)35-28-20(16)25)22(33)29(10-11-34-23)18-8-9-30(27-18)15-5-2-13(24)3-6-15/h2-9,12,19,31H,10-11H2,1H3,(H2,25,28)(H,26,32)/t19-,23+/m0/s1. The number of nitrogens with one attached hydrogen (secondary N) is 1. The Bertz CT molecular complexity index is 1420. The summed E-state index contributed by atoms with van der Waals surface area (Å²) in [6, 6.07) is 13.5. The number of anilines is 3. The van der Waals surface area contributed by atoms with Gasteiger partial charge in [-0.2, -0.15) is 0 Å². The van der Waals surface area contributed by atoms with E-state index in [1.165, 1.54) is 17.9 Å². The molecule has 1 fully saturated rings. The van der Waals surface area contributed by atoms with E-state index >= 15 is 0 Å². The number of nitrogen functional groups attached to an aromatic ring is 1. The average Bonchev–Trinajstić information content (AvgIpc) is 3.48. The maximum atomic E-state index is 13.4. The quantitative estimate of drug-likeness (QED) is 0.381. The fraction of sp³-hybridized carbons (Fsp3) is 0.217. The molecule has 0 aliphatic carbocycles. The van der Waals surface area contributed by atoms with Gasteiger partial charge in [-0.3, -0.25) is 14.5 Å². The summed E-state index contributed by atoms with van der Waals surface area (Å²) in [6.07, 6.45) is -0.0968. The van der Waals surface area contributed by atoms with Crippen molar-refractivity contribution in [3.63, 3.8) is 0 Å². The van der Waals surface area contributed by atoms with E-state index in [0.29, 0.717) is 27.5 Å². The predicted octanol–water partition coefficient (Wildman–Crippen LogP) is 2.37. The topological polar surface area (TPSA) is 149 Å². The van der Waals surface area contributed by atoms with E-state index in [4.69, 9.17) is 26.6 Å². The van der Waals surface area contributed by atoms with Crippen molar-refractivity contribution < 1.29 is 24.0 Å². The van der Waals surface area contributed by atoms with Gasteiger partial charge < -0.3 is 25.4 Å². The number of rotatable bonds is 5. The molecule has 4 N–H and O–H groups in total. The van der Waals surface area contributed by atoms with Crippen LogP contribution in [0.15, 0.2) is 59.3 Å². The largest absolute Gasteiger partial charge is 0.380 e. The summed E-state index contributed by atoms with van der Waals surface area (Å²) in [5.41, 5.74) is 5.34. The van der Waals surface area contributed by atoms with Gasteiger partial charge in [0.05, 0.1) is 24.2 Å².